The molecule has 21 heavy (non-hydrogen) atoms. The number of aliphatic hydroxyl groups excluding tert-OH is 1. The van der Waals surface area contributed by atoms with Gasteiger partial charge in [-0.1, -0.05) is 28.1 Å². The smallest absolute Gasteiger partial charge is 0.125 e. The molecule has 0 aliphatic carbocycles. The predicted octanol–water partition coefficient (Wildman–Crippen LogP) is 4.33. The number of methoxy groups -OCH3 is 1. The summed E-state index contributed by atoms with van der Waals surface area (Å²) in [6, 6.07) is 13.1. The largest absolute Gasteiger partial charge is 0.496 e. The third kappa shape index (κ3) is 3.99. The zero-order valence-corrected chi connectivity index (χ0v) is 13.9. The highest BCUT2D eigenvalue weighted by Gasteiger charge is 2.16. The normalized spacial score (nSPS) is 12.3. The van der Waals surface area contributed by atoms with Crippen molar-refractivity contribution in [3.63, 3.8) is 0 Å². The summed E-state index contributed by atoms with van der Waals surface area (Å²) in [5.74, 6) is 1.40. The molecule has 2 aromatic carbocycles. The molecule has 0 aromatic heterocycles. The Hall–Kier alpha value is -1.52. The molecule has 1 N–H and O–H groups in total. The Bertz CT molecular complexity index is 611. The van der Waals surface area contributed by atoms with Crippen molar-refractivity contribution in [1.82, 2.24) is 0 Å². The molecule has 0 heterocycles. The van der Waals surface area contributed by atoms with Gasteiger partial charge in [-0.3, -0.25) is 0 Å². The van der Waals surface area contributed by atoms with Crippen LogP contribution in [-0.2, 0) is 0 Å². The molecule has 0 aliphatic heterocycles. The van der Waals surface area contributed by atoms with Crippen LogP contribution >= 0.6 is 15.9 Å². The monoisotopic (exact) mass is 350 g/mol. The lowest BCUT2D eigenvalue weighted by Crippen LogP contribution is -2.07. The van der Waals surface area contributed by atoms with Gasteiger partial charge in [0.15, 0.2) is 0 Å². The maximum Gasteiger partial charge on any atom is 0.125 e. The topological polar surface area (TPSA) is 38.7 Å². The summed E-state index contributed by atoms with van der Waals surface area (Å²) in [4.78, 5) is 0. The van der Waals surface area contributed by atoms with E-state index in [2.05, 4.69) is 15.9 Å². The average Bonchev–Trinajstić information content (AvgIpc) is 2.46. The highest BCUT2D eigenvalue weighted by Crippen LogP contribution is 2.33. The quantitative estimate of drug-likeness (QED) is 0.872. The molecule has 0 saturated carbocycles. The maximum absolute atomic E-state index is 10.6. The van der Waals surface area contributed by atoms with Gasteiger partial charge in [-0.05, 0) is 49.7 Å². The standard InChI is InChI=1S/C17H19BrO3/c1-11(2)21-14-6-4-5-12(9-14)17(19)15-10-13(18)7-8-16(15)20-3/h4-11,17,19H,1-3H3. The highest BCUT2D eigenvalue weighted by molar-refractivity contribution is 9.10. The van der Waals surface area contributed by atoms with Gasteiger partial charge in [-0.2, -0.15) is 0 Å². The van der Waals surface area contributed by atoms with Crippen LogP contribution in [0.5, 0.6) is 11.5 Å². The molecular formula is C17H19BrO3. The SMILES string of the molecule is COc1ccc(Br)cc1C(O)c1cccc(OC(C)C)c1. The Morgan fingerprint density at radius 1 is 1.10 bits per heavy atom. The van der Waals surface area contributed by atoms with E-state index in [1.807, 2.05) is 56.3 Å². The molecule has 1 unspecified atom stereocenters. The van der Waals surface area contributed by atoms with Crippen LogP contribution in [0.1, 0.15) is 31.1 Å². The number of hydrogen-bond donors (Lipinski definition) is 1. The van der Waals surface area contributed by atoms with Crippen molar-refractivity contribution in [3.05, 3.63) is 58.1 Å². The lowest BCUT2D eigenvalue weighted by atomic mass is 10.0. The van der Waals surface area contributed by atoms with E-state index < -0.39 is 6.10 Å². The highest BCUT2D eigenvalue weighted by atomic mass is 79.9. The Labute approximate surface area is 133 Å². The fourth-order valence-corrected chi connectivity index (χ4v) is 2.51. The van der Waals surface area contributed by atoms with Crippen LogP contribution < -0.4 is 9.47 Å². The molecule has 2 rings (SSSR count). The minimum absolute atomic E-state index is 0.0952. The first-order valence-corrected chi connectivity index (χ1v) is 7.58. The first-order chi connectivity index (χ1) is 10.0. The van der Waals surface area contributed by atoms with Gasteiger partial charge < -0.3 is 14.6 Å². The molecule has 0 spiro atoms. The molecule has 2 aromatic rings. The number of aliphatic hydroxyl groups is 1. The van der Waals surface area contributed by atoms with E-state index >= 15 is 0 Å². The van der Waals surface area contributed by atoms with Gasteiger partial charge in [0.2, 0.25) is 0 Å². The number of halogens is 1. The summed E-state index contributed by atoms with van der Waals surface area (Å²) in [7, 11) is 1.59. The van der Waals surface area contributed by atoms with Gasteiger partial charge in [0, 0.05) is 10.0 Å². The second kappa shape index (κ2) is 6.96. The van der Waals surface area contributed by atoms with E-state index in [9.17, 15) is 5.11 Å². The average molecular weight is 351 g/mol. The summed E-state index contributed by atoms with van der Waals surface area (Å²) in [5.41, 5.74) is 1.48. The first-order valence-electron chi connectivity index (χ1n) is 6.79. The zero-order chi connectivity index (χ0) is 15.4. The van der Waals surface area contributed by atoms with Gasteiger partial charge in [0.25, 0.3) is 0 Å². The van der Waals surface area contributed by atoms with Crippen LogP contribution in [0.4, 0.5) is 0 Å². The minimum atomic E-state index is -0.770. The second-order valence-corrected chi connectivity index (χ2v) is 5.94. The Kier molecular flexibility index (Phi) is 5.26. The van der Waals surface area contributed by atoms with Crippen LogP contribution in [0.25, 0.3) is 0 Å². The maximum atomic E-state index is 10.6. The van der Waals surface area contributed by atoms with E-state index in [0.29, 0.717) is 11.3 Å². The van der Waals surface area contributed by atoms with E-state index in [4.69, 9.17) is 9.47 Å². The molecule has 4 heteroatoms. The third-order valence-electron chi connectivity index (χ3n) is 3.03. The Morgan fingerprint density at radius 2 is 1.86 bits per heavy atom. The molecule has 3 nitrogen and oxygen atoms in total. The van der Waals surface area contributed by atoms with Crippen LogP contribution in [0.2, 0.25) is 0 Å². The van der Waals surface area contributed by atoms with Crippen molar-refractivity contribution in [3.8, 4) is 11.5 Å². The van der Waals surface area contributed by atoms with Crippen molar-refractivity contribution < 1.29 is 14.6 Å². The summed E-state index contributed by atoms with van der Waals surface area (Å²) < 4.78 is 11.9. The molecule has 0 radical (unpaired) electrons. The third-order valence-corrected chi connectivity index (χ3v) is 3.53. The summed E-state index contributed by atoms with van der Waals surface area (Å²) in [6.07, 6.45) is -0.675. The van der Waals surface area contributed by atoms with Crippen LogP contribution in [-0.4, -0.2) is 18.3 Å². The van der Waals surface area contributed by atoms with E-state index in [1.54, 1.807) is 7.11 Å². The van der Waals surface area contributed by atoms with Crippen molar-refractivity contribution in [2.75, 3.05) is 7.11 Å². The van der Waals surface area contributed by atoms with Crippen LogP contribution in [0, 0.1) is 0 Å². The second-order valence-electron chi connectivity index (χ2n) is 5.03. The fourth-order valence-electron chi connectivity index (χ4n) is 2.13. The van der Waals surface area contributed by atoms with Crippen LogP contribution in [0.15, 0.2) is 46.9 Å². The van der Waals surface area contributed by atoms with E-state index in [1.165, 1.54) is 0 Å². The van der Waals surface area contributed by atoms with E-state index in [0.717, 1.165) is 15.8 Å². The predicted molar refractivity (Wildman–Crippen MR) is 87.0 cm³/mol. The van der Waals surface area contributed by atoms with Crippen molar-refractivity contribution in [2.24, 2.45) is 0 Å². The van der Waals surface area contributed by atoms with Crippen molar-refractivity contribution in [2.45, 2.75) is 26.1 Å². The molecule has 0 saturated heterocycles. The molecule has 0 bridgehead atoms. The summed E-state index contributed by atoms with van der Waals surface area (Å²) in [5, 5.41) is 10.6. The van der Waals surface area contributed by atoms with Gasteiger partial charge >= 0.3 is 0 Å². The number of ether oxygens (including phenoxy) is 2. The van der Waals surface area contributed by atoms with Crippen molar-refractivity contribution in [1.29, 1.82) is 0 Å². The van der Waals surface area contributed by atoms with Gasteiger partial charge in [-0.15, -0.1) is 0 Å². The number of benzene rings is 2. The fraction of sp³-hybridized carbons (Fsp3) is 0.294. The summed E-state index contributed by atoms with van der Waals surface area (Å²) >= 11 is 3.42. The number of rotatable bonds is 5. The molecule has 0 fully saturated rings. The van der Waals surface area contributed by atoms with Crippen LogP contribution in [0.3, 0.4) is 0 Å². The lowest BCUT2D eigenvalue weighted by molar-refractivity contribution is 0.211. The summed E-state index contributed by atoms with van der Waals surface area (Å²) in [6.45, 7) is 3.95. The van der Waals surface area contributed by atoms with Gasteiger partial charge in [0.05, 0.1) is 13.2 Å². The molecule has 0 amide bonds. The number of hydrogen-bond acceptors (Lipinski definition) is 3. The van der Waals surface area contributed by atoms with E-state index in [-0.39, 0.29) is 6.10 Å². The molecular weight excluding hydrogens is 332 g/mol. The van der Waals surface area contributed by atoms with Gasteiger partial charge in [0.1, 0.15) is 17.6 Å². The minimum Gasteiger partial charge on any atom is -0.496 e. The molecule has 0 aliphatic rings. The Balaban J connectivity index is 2.35. The molecule has 1 atom stereocenters. The van der Waals surface area contributed by atoms with Gasteiger partial charge in [-0.25, -0.2) is 0 Å². The lowest BCUT2D eigenvalue weighted by Gasteiger charge is -2.17. The zero-order valence-electron chi connectivity index (χ0n) is 12.3. The first kappa shape index (κ1) is 15.9. The molecule has 112 valence electrons. The van der Waals surface area contributed by atoms with Crippen molar-refractivity contribution >= 4 is 15.9 Å². The Morgan fingerprint density at radius 3 is 2.52 bits per heavy atom.